The normalized spacial score (nSPS) is 10.5. The lowest BCUT2D eigenvalue weighted by molar-refractivity contribution is -0.132. The minimum absolute atomic E-state index is 0.103. The monoisotopic (exact) mass is 495 g/mol. The van der Waals surface area contributed by atoms with Gasteiger partial charge in [0.15, 0.2) is 11.5 Å². The molecule has 0 atom stereocenters. The van der Waals surface area contributed by atoms with Gasteiger partial charge in [-0.3, -0.25) is 4.79 Å². The van der Waals surface area contributed by atoms with Gasteiger partial charge in [0.2, 0.25) is 5.91 Å². The first kappa shape index (κ1) is 26.6. The highest BCUT2D eigenvalue weighted by molar-refractivity contribution is 5.92. The molecule has 3 rings (SSSR count). The van der Waals surface area contributed by atoms with E-state index < -0.39 is 0 Å². The van der Waals surface area contributed by atoms with Crippen molar-refractivity contribution in [2.24, 2.45) is 0 Å². The number of benzene rings is 2. The highest BCUT2D eigenvalue weighted by Gasteiger charge is 2.22. The summed E-state index contributed by atoms with van der Waals surface area (Å²) in [7, 11) is 4.73. The molecule has 9 heteroatoms. The summed E-state index contributed by atoms with van der Waals surface area (Å²) in [6, 6.07) is 18.0. The molecular weight excluding hydrogens is 462 g/mol. The number of ether oxygens (including phenoxy) is 3. The Kier molecular flexibility index (Phi) is 10.2. The number of nitrogens with one attached hydrogen (secondary N) is 1. The average Bonchev–Trinajstić information content (AvgIpc) is 3.42. The minimum Gasteiger partial charge on any atom is -0.493 e. The van der Waals surface area contributed by atoms with Crippen molar-refractivity contribution in [3.63, 3.8) is 0 Å². The van der Waals surface area contributed by atoms with Gasteiger partial charge >= 0.3 is 6.03 Å². The van der Waals surface area contributed by atoms with Crippen molar-refractivity contribution in [2.45, 2.75) is 13.0 Å². The third-order valence-corrected chi connectivity index (χ3v) is 5.60. The molecule has 0 saturated heterocycles. The number of carbonyl (C=O) groups excluding carboxylic acids is 2. The van der Waals surface area contributed by atoms with E-state index >= 15 is 0 Å². The van der Waals surface area contributed by atoms with E-state index in [9.17, 15) is 9.59 Å². The maximum Gasteiger partial charge on any atom is 0.322 e. The molecule has 0 saturated carbocycles. The van der Waals surface area contributed by atoms with Gasteiger partial charge in [0.25, 0.3) is 0 Å². The zero-order valence-electron chi connectivity index (χ0n) is 20.9. The van der Waals surface area contributed by atoms with Gasteiger partial charge in [0.1, 0.15) is 12.3 Å². The van der Waals surface area contributed by atoms with Crippen LogP contribution in [0.5, 0.6) is 11.5 Å². The molecule has 1 N–H and O–H groups in total. The van der Waals surface area contributed by atoms with Crippen LogP contribution in [0.25, 0.3) is 0 Å². The van der Waals surface area contributed by atoms with E-state index in [1.165, 1.54) is 4.90 Å². The third-order valence-electron chi connectivity index (χ3n) is 5.60. The molecular formula is C27H33N3O6. The molecule has 1 aromatic heterocycles. The molecule has 0 bridgehead atoms. The molecule has 0 unspecified atom stereocenters. The largest absolute Gasteiger partial charge is 0.493 e. The predicted octanol–water partition coefficient (Wildman–Crippen LogP) is 4.05. The van der Waals surface area contributed by atoms with Crippen LogP contribution < -0.4 is 14.8 Å². The van der Waals surface area contributed by atoms with Crippen LogP contribution in [0.15, 0.2) is 71.3 Å². The maximum atomic E-state index is 13.4. The fourth-order valence-corrected chi connectivity index (χ4v) is 3.62. The van der Waals surface area contributed by atoms with Gasteiger partial charge in [-0.05, 0) is 48.4 Å². The molecule has 3 aromatic rings. The summed E-state index contributed by atoms with van der Waals surface area (Å²) in [6.45, 7) is 1.18. The first-order valence-electron chi connectivity index (χ1n) is 11.6. The highest BCUT2D eigenvalue weighted by atomic mass is 16.5. The van der Waals surface area contributed by atoms with E-state index in [1.807, 2.05) is 42.5 Å². The molecule has 0 radical (unpaired) electrons. The number of methoxy groups -OCH3 is 3. The number of furan rings is 1. The zero-order chi connectivity index (χ0) is 25.8. The Morgan fingerprint density at radius 2 is 1.67 bits per heavy atom. The number of urea groups is 1. The van der Waals surface area contributed by atoms with Crippen LogP contribution in [0.2, 0.25) is 0 Å². The summed E-state index contributed by atoms with van der Waals surface area (Å²) < 4.78 is 21.4. The molecule has 192 valence electrons. The predicted molar refractivity (Wildman–Crippen MR) is 136 cm³/mol. The topological polar surface area (TPSA) is 93.5 Å². The van der Waals surface area contributed by atoms with Crippen molar-refractivity contribution < 1.29 is 28.2 Å². The van der Waals surface area contributed by atoms with Gasteiger partial charge in [-0.1, -0.05) is 24.3 Å². The Hall–Kier alpha value is -3.98. The van der Waals surface area contributed by atoms with Gasteiger partial charge < -0.3 is 33.7 Å². The fourth-order valence-electron chi connectivity index (χ4n) is 3.62. The van der Waals surface area contributed by atoms with Crippen LogP contribution in [0.1, 0.15) is 11.3 Å². The van der Waals surface area contributed by atoms with Gasteiger partial charge in [0.05, 0.1) is 33.6 Å². The van der Waals surface area contributed by atoms with Crippen LogP contribution in [0.3, 0.4) is 0 Å². The van der Waals surface area contributed by atoms with E-state index in [0.29, 0.717) is 42.5 Å². The van der Waals surface area contributed by atoms with E-state index in [-0.39, 0.29) is 31.6 Å². The van der Waals surface area contributed by atoms with Gasteiger partial charge in [-0.2, -0.15) is 0 Å². The number of hydrogen-bond donors (Lipinski definition) is 1. The zero-order valence-corrected chi connectivity index (χ0v) is 20.9. The lowest BCUT2D eigenvalue weighted by atomic mass is 10.1. The Morgan fingerprint density at radius 3 is 2.33 bits per heavy atom. The summed E-state index contributed by atoms with van der Waals surface area (Å²) >= 11 is 0. The summed E-state index contributed by atoms with van der Waals surface area (Å²) in [5, 5.41) is 2.84. The molecule has 0 aliphatic heterocycles. The first-order chi connectivity index (χ1) is 17.5. The van der Waals surface area contributed by atoms with Crippen molar-refractivity contribution in [3.05, 3.63) is 78.3 Å². The molecule has 36 heavy (non-hydrogen) atoms. The van der Waals surface area contributed by atoms with Gasteiger partial charge in [0, 0.05) is 25.9 Å². The van der Waals surface area contributed by atoms with E-state index in [2.05, 4.69) is 5.32 Å². The van der Waals surface area contributed by atoms with E-state index in [0.717, 1.165) is 5.56 Å². The molecule has 3 amide bonds. The molecule has 2 aromatic carbocycles. The number of para-hydroxylation sites is 1. The van der Waals surface area contributed by atoms with Gasteiger partial charge in [-0.25, -0.2) is 4.79 Å². The Balaban J connectivity index is 1.72. The van der Waals surface area contributed by atoms with Crippen molar-refractivity contribution in [1.29, 1.82) is 0 Å². The van der Waals surface area contributed by atoms with Crippen LogP contribution in [0.4, 0.5) is 10.5 Å². The van der Waals surface area contributed by atoms with E-state index in [1.54, 1.807) is 50.7 Å². The van der Waals surface area contributed by atoms with Crippen LogP contribution in [-0.2, 0) is 22.5 Å². The molecule has 9 nitrogen and oxygen atoms in total. The summed E-state index contributed by atoms with van der Waals surface area (Å²) in [5.41, 5.74) is 1.64. The molecule has 0 fully saturated rings. The summed E-state index contributed by atoms with van der Waals surface area (Å²) in [4.78, 5) is 29.5. The first-order valence-corrected chi connectivity index (χ1v) is 11.6. The Morgan fingerprint density at radius 1 is 0.889 bits per heavy atom. The SMILES string of the molecule is COCCN(CC(=O)N(CCc1ccc(OC)c(OC)c1)Cc1ccco1)C(=O)Nc1ccccc1. The fraction of sp³-hybridized carbons (Fsp3) is 0.333. The van der Waals surface area contributed by atoms with E-state index in [4.69, 9.17) is 18.6 Å². The van der Waals surface area contributed by atoms with Crippen LogP contribution in [0, 0.1) is 0 Å². The molecule has 0 aliphatic rings. The number of anilines is 1. The lowest BCUT2D eigenvalue weighted by Gasteiger charge is -2.27. The summed E-state index contributed by atoms with van der Waals surface area (Å²) in [5.74, 6) is 1.73. The third kappa shape index (κ3) is 7.78. The number of rotatable bonds is 13. The summed E-state index contributed by atoms with van der Waals surface area (Å²) in [6.07, 6.45) is 2.16. The number of carbonyl (C=O) groups is 2. The Labute approximate surface area is 211 Å². The average molecular weight is 496 g/mol. The van der Waals surface area contributed by atoms with Crippen molar-refractivity contribution >= 4 is 17.6 Å². The standard InChI is InChI=1S/C27H33N3O6/c1-33-17-15-30(27(32)28-22-8-5-4-6-9-22)20-26(31)29(19-23-10-7-16-36-23)14-13-21-11-12-24(34-2)25(18-21)35-3/h4-12,16,18H,13-15,17,19-20H2,1-3H3,(H,28,32). The highest BCUT2D eigenvalue weighted by Crippen LogP contribution is 2.27. The molecule has 1 heterocycles. The minimum atomic E-state index is -0.371. The number of hydrogen-bond acceptors (Lipinski definition) is 6. The van der Waals surface area contributed by atoms with Crippen LogP contribution in [-0.4, -0.2) is 69.3 Å². The quantitative estimate of drug-likeness (QED) is 0.385. The van der Waals surface area contributed by atoms with Crippen molar-refractivity contribution in [2.75, 3.05) is 52.9 Å². The molecule has 0 aliphatic carbocycles. The second-order valence-corrected chi connectivity index (χ2v) is 8.04. The second-order valence-electron chi connectivity index (χ2n) is 8.04. The van der Waals surface area contributed by atoms with Crippen LogP contribution >= 0.6 is 0 Å². The smallest absolute Gasteiger partial charge is 0.322 e. The molecule has 0 spiro atoms. The van der Waals surface area contributed by atoms with Crippen molar-refractivity contribution in [1.82, 2.24) is 9.80 Å². The second kappa shape index (κ2) is 13.8. The lowest BCUT2D eigenvalue weighted by Crippen LogP contribution is -2.46. The number of amides is 3. The van der Waals surface area contributed by atoms with Crippen molar-refractivity contribution in [3.8, 4) is 11.5 Å². The van der Waals surface area contributed by atoms with Gasteiger partial charge in [-0.15, -0.1) is 0 Å². The number of nitrogens with zero attached hydrogens (tertiary/aromatic N) is 2. The maximum absolute atomic E-state index is 13.4. The Bertz CT molecular complexity index is 1090.